The molecule has 0 radical (unpaired) electrons. The van der Waals surface area contributed by atoms with Gasteiger partial charge in [-0.15, -0.1) is 0 Å². The summed E-state index contributed by atoms with van der Waals surface area (Å²) in [6.45, 7) is 2.11. The molecule has 0 fully saturated rings. The van der Waals surface area contributed by atoms with Gasteiger partial charge in [0.05, 0.1) is 0 Å². The van der Waals surface area contributed by atoms with Crippen LogP contribution in [0.1, 0.15) is 11.1 Å². The summed E-state index contributed by atoms with van der Waals surface area (Å²) in [6.07, 6.45) is 6.18. The van der Waals surface area contributed by atoms with Gasteiger partial charge in [0.15, 0.2) is 0 Å². The molecule has 19 heavy (non-hydrogen) atoms. The fourth-order valence-electron chi connectivity index (χ4n) is 1.50. The van der Waals surface area contributed by atoms with E-state index in [2.05, 4.69) is 30.6 Å². The Morgan fingerprint density at radius 3 is 2.74 bits per heavy atom. The molecular formula is C12H12BrN3O2S. The maximum absolute atomic E-state index is 12.1. The summed E-state index contributed by atoms with van der Waals surface area (Å²) in [5.41, 5.74) is 1.83. The van der Waals surface area contributed by atoms with Crippen molar-refractivity contribution in [2.45, 2.75) is 18.4 Å². The predicted molar refractivity (Wildman–Crippen MR) is 74.9 cm³/mol. The van der Waals surface area contributed by atoms with Crippen LogP contribution in [0.25, 0.3) is 0 Å². The first-order valence-corrected chi connectivity index (χ1v) is 7.76. The lowest BCUT2D eigenvalue weighted by Gasteiger charge is -2.08. The van der Waals surface area contributed by atoms with E-state index in [9.17, 15) is 8.42 Å². The molecule has 0 saturated carbocycles. The molecular weight excluding hydrogens is 330 g/mol. The van der Waals surface area contributed by atoms with Gasteiger partial charge >= 0.3 is 0 Å². The summed E-state index contributed by atoms with van der Waals surface area (Å²) in [4.78, 5) is 7.95. The Balaban J connectivity index is 2.17. The van der Waals surface area contributed by atoms with E-state index < -0.39 is 10.0 Å². The highest BCUT2D eigenvalue weighted by atomic mass is 79.9. The molecule has 0 aliphatic carbocycles. The van der Waals surface area contributed by atoms with E-state index in [0.29, 0.717) is 4.47 Å². The minimum atomic E-state index is -3.56. The highest BCUT2D eigenvalue weighted by molar-refractivity contribution is 9.10. The maximum atomic E-state index is 12.1. The number of aromatic nitrogens is 2. The van der Waals surface area contributed by atoms with Crippen LogP contribution in [0.4, 0.5) is 0 Å². The molecule has 0 spiro atoms. The molecule has 0 saturated heterocycles. The number of nitrogens with one attached hydrogen (secondary N) is 1. The number of sulfonamides is 1. The molecule has 2 aromatic rings. The third kappa shape index (κ3) is 3.59. The van der Waals surface area contributed by atoms with Crippen molar-refractivity contribution in [3.8, 4) is 0 Å². The molecule has 1 N–H and O–H groups in total. The molecule has 0 aliphatic rings. The van der Waals surface area contributed by atoms with Crippen LogP contribution in [0, 0.1) is 6.92 Å². The van der Waals surface area contributed by atoms with Gasteiger partial charge in [-0.2, -0.15) is 0 Å². The monoisotopic (exact) mass is 341 g/mol. The number of pyridine rings is 2. The van der Waals surface area contributed by atoms with E-state index in [1.54, 1.807) is 18.5 Å². The van der Waals surface area contributed by atoms with Crippen LogP contribution < -0.4 is 4.72 Å². The molecule has 2 aromatic heterocycles. The molecule has 7 heteroatoms. The van der Waals surface area contributed by atoms with Crippen LogP contribution in [0.5, 0.6) is 0 Å². The Bertz CT molecular complexity index is 689. The van der Waals surface area contributed by atoms with Crippen molar-refractivity contribution in [3.63, 3.8) is 0 Å². The lowest BCUT2D eigenvalue weighted by Crippen LogP contribution is -2.23. The van der Waals surface area contributed by atoms with Crippen molar-refractivity contribution in [1.82, 2.24) is 14.7 Å². The largest absolute Gasteiger partial charge is 0.264 e. The molecule has 100 valence electrons. The average Bonchev–Trinajstić information content (AvgIpc) is 2.38. The molecule has 2 rings (SSSR count). The normalized spacial score (nSPS) is 11.5. The number of rotatable bonds is 4. The zero-order chi connectivity index (χ0) is 13.9. The van der Waals surface area contributed by atoms with Gasteiger partial charge in [-0.25, -0.2) is 13.1 Å². The third-order valence-electron chi connectivity index (χ3n) is 2.58. The Kier molecular flexibility index (Phi) is 4.28. The van der Waals surface area contributed by atoms with Gasteiger partial charge in [-0.3, -0.25) is 9.97 Å². The van der Waals surface area contributed by atoms with Gasteiger partial charge < -0.3 is 0 Å². The van der Waals surface area contributed by atoms with E-state index in [0.717, 1.165) is 11.1 Å². The second-order valence-electron chi connectivity index (χ2n) is 3.97. The number of hydrogen-bond donors (Lipinski definition) is 1. The van der Waals surface area contributed by atoms with Crippen molar-refractivity contribution in [3.05, 3.63) is 52.5 Å². The summed E-state index contributed by atoms with van der Waals surface area (Å²) in [6, 6.07) is 3.30. The van der Waals surface area contributed by atoms with Crippen LogP contribution in [0.2, 0.25) is 0 Å². The maximum Gasteiger partial charge on any atom is 0.242 e. The summed E-state index contributed by atoms with van der Waals surface area (Å²) in [7, 11) is -3.56. The van der Waals surface area contributed by atoms with E-state index in [1.165, 1.54) is 18.5 Å². The summed E-state index contributed by atoms with van der Waals surface area (Å²) in [5.74, 6) is 0. The molecule has 0 bridgehead atoms. The number of halogens is 1. The van der Waals surface area contributed by atoms with Crippen LogP contribution in [-0.2, 0) is 16.6 Å². The Hall–Kier alpha value is -1.31. The van der Waals surface area contributed by atoms with Gasteiger partial charge in [0.25, 0.3) is 0 Å². The van der Waals surface area contributed by atoms with E-state index in [4.69, 9.17) is 0 Å². The van der Waals surface area contributed by atoms with Gasteiger partial charge in [-0.05, 0) is 46.1 Å². The van der Waals surface area contributed by atoms with Gasteiger partial charge in [0.1, 0.15) is 4.90 Å². The Labute approximate surface area is 120 Å². The smallest absolute Gasteiger partial charge is 0.242 e. The number of hydrogen-bond acceptors (Lipinski definition) is 4. The first-order valence-electron chi connectivity index (χ1n) is 5.49. The molecule has 0 amide bonds. The SMILES string of the molecule is Cc1cnccc1CNS(=O)(=O)c1cncc(Br)c1. The van der Waals surface area contributed by atoms with Crippen molar-refractivity contribution in [1.29, 1.82) is 0 Å². The number of nitrogens with zero attached hydrogens (tertiary/aromatic N) is 2. The van der Waals surface area contributed by atoms with Gasteiger partial charge in [-0.1, -0.05) is 0 Å². The van der Waals surface area contributed by atoms with Crippen LogP contribution >= 0.6 is 15.9 Å². The van der Waals surface area contributed by atoms with Gasteiger partial charge in [0, 0.05) is 35.8 Å². The zero-order valence-electron chi connectivity index (χ0n) is 10.2. The fourth-order valence-corrected chi connectivity index (χ4v) is 3.01. The van der Waals surface area contributed by atoms with E-state index in [-0.39, 0.29) is 11.4 Å². The lowest BCUT2D eigenvalue weighted by molar-refractivity contribution is 0.580. The lowest BCUT2D eigenvalue weighted by atomic mass is 10.2. The van der Waals surface area contributed by atoms with Crippen molar-refractivity contribution >= 4 is 26.0 Å². The van der Waals surface area contributed by atoms with Crippen molar-refractivity contribution in [2.24, 2.45) is 0 Å². The average molecular weight is 342 g/mol. The first kappa shape index (κ1) is 14.1. The first-order chi connectivity index (χ1) is 8.99. The molecule has 2 heterocycles. The Morgan fingerprint density at radius 1 is 1.26 bits per heavy atom. The summed E-state index contributed by atoms with van der Waals surface area (Å²) in [5, 5.41) is 0. The zero-order valence-corrected chi connectivity index (χ0v) is 12.6. The van der Waals surface area contributed by atoms with Crippen LogP contribution in [-0.4, -0.2) is 18.4 Å². The van der Waals surface area contributed by atoms with Crippen molar-refractivity contribution in [2.75, 3.05) is 0 Å². The predicted octanol–water partition coefficient (Wildman–Crippen LogP) is 2.03. The summed E-state index contributed by atoms with van der Waals surface area (Å²) >= 11 is 3.20. The molecule has 5 nitrogen and oxygen atoms in total. The molecule has 0 unspecified atom stereocenters. The molecule has 0 atom stereocenters. The van der Waals surface area contributed by atoms with Crippen LogP contribution in [0.3, 0.4) is 0 Å². The third-order valence-corrected chi connectivity index (χ3v) is 4.38. The standard InChI is InChI=1S/C12H12BrN3O2S/c1-9-5-14-3-2-10(9)6-16-19(17,18)12-4-11(13)7-15-8-12/h2-5,7-8,16H,6H2,1H3. The van der Waals surface area contributed by atoms with Gasteiger partial charge in [0.2, 0.25) is 10.0 Å². The Morgan fingerprint density at radius 2 is 2.05 bits per heavy atom. The number of aryl methyl sites for hydroxylation is 1. The molecule has 0 aliphatic heterocycles. The fraction of sp³-hybridized carbons (Fsp3) is 0.167. The highest BCUT2D eigenvalue weighted by Crippen LogP contribution is 2.14. The van der Waals surface area contributed by atoms with E-state index >= 15 is 0 Å². The molecule has 0 aromatic carbocycles. The van der Waals surface area contributed by atoms with Crippen molar-refractivity contribution < 1.29 is 8.42 Å². The quantitative estimate of drug-likeness (QED) is 0.923. The van der Waals surface area contributed by atoms with Crippen LogP contribution in [0.15, 0.2) is 46.3 Å². The second-order valence-corrected chi connectivity index (χ2v) is 6.65. The topological polar surface area (TPSA) is 72.0 Å². The highest BCUT2D eigenvalue weighted by Gasteiger charge is 2.14. The minimum Gasteiger partial charge on any atom is -0.264 e. The summed E-state index contributed by atoms with van der Waals surface area (Å²) < 4.78 is 27.3. The minimum absolute atomic E-state index is 0.133. The second kappa shape index (κ2) is 5.77. The van der Waals surface area contributed by atoms with E-state index in [1.807, 2.05) is 6.92 Å².